The number of nitrogens with zero attached hydrogens (tertiary/aromatic N) is 1. The second kappa shape index (κ2) is 9.64. The van der Waals surface area contributed by atoms with Crippen LogP contribution in [0, 0.1) is 11.6 Å². The molecule has 2 saturated carbocycles. The number of likely N-dealkylation sites (tertiary alicyclic amines) is 1. The molecule has 0 aromatic heterocycles. The van der Waals surface area contributed by atoms with Gasteiger partial charge in [-0.15, -0.1) is 0 Å². The molecule has 2 aliphatic carbocycles. The lowest BCUT2D eigenvalue weighted by molar-refractivity contribution is 0.0646. The average molecular weight is 486 g/mol. The van der Waals surface area contributed by atoms with Crippen LogP contribution in [0.1, 0.15) is 50.5 Å². The smallest absolute Gasteiger partial charge is 0.319 e. The van der Waals surface area contributed by atoms with Gasteiger partial charge in [0, 0.05) is 35.3 Å². The summed E-state index contributed by atoms with van der Waals surface area (Å²) in [6.07, 6.45) is 7.45. The summed E-state index contributed by atoms with van der Waals surface area (Å²) in [5.74, 6) is -0.456. The molecule has 3 fully saturated rings. The first kappa shape index (κ1) is 23.9. The lowest BCUT2D eigenvalue weighted by Gasteiger charge is -2.48. The Bertz CT molecular complexity index is 1090. The fraction of sp³-hybridized carbons (Fsp3) is 0.519. The van der Waals surface area contributed by atoms with Crippen molar-refractivity contribution in [3.8, 4) is 11.5 Å². The Morgan fingerprint density at radius 3 is 2.49 bits per heavy atom. The highest BCUT2D eigenvalue weighted by Gasteiger charge is 2.53. The van der Waals surface area contributed by atoms with Crippen LogP contribution in [0.3, 0.4) is 0 Å². The van der Waals surface area contributed by atoms with E-state index in [9.17, 15) is 13.6 Å². The SMILES string of the molecule is COc1ccc([C@@]23CC[C@@H](NC(=O)Nc4ccc(F)c(F)c4)C[C@@H]2N(C2CCC2)CC3)cc1OC. The van der Waals surface area contributed by atoms with Crippen LogP contribution in [0.15, 0.2) is 36.4 Å². The van der Waals surface area contributed by atoms with Gasteiger partial charge in [-0.2, -0.15) is 0 Å². The molecular formula is C27H33F2N3O3. The third kappa shape index (κ3) is 4.44. The predicted molar refractivity (Wildman–Crippen MR) is 130 cm³/mol. The highest BCUT2D eigenvalue weighted by atomic mass is 19.2. The quantitative estimate of drug-likeness (QED) is 0.589. The minimum atomic E-state index is -0.984. The Balaban J connectivity index is 1.35. The summed E-state index contributed by atoms with van der Waals surface area (Å²) in [6.45, 7) is 1.05. The van der Waals surface area contributed by atoms with Gasteiger partial charge >= 0.3 is 6.03 Å². The van der Waals surface area contributed by atoms with Crippen LogP contribution >= 0.6 is 0 Å². The summed E-state index contributed by atoms with van der Waals surface area (Å²) in [5, 5.41) is 5.72. The Hall–Kier alpha value is -2.87. The maximum absolute atomic E-state index is 13.5. The number of hydrogen-bond acceptors (Lipinski definition) is 4. The second-order valence-electron chi connectivity index (χ2n) is 10.0. The van der Waals surface area contributed by atoms with Crippen LogP contribution < -0.4 is 20.1 Å². The zero-order valence-corrected chi connectivity index (χ0v) is 20.3. The summed E-state index contributed by atoms with van der Waals surface area (Å²) in [4.78, 5) is 15.3. The van der Waals surface area contributed by atoms with Gasteiger partial charge in [0.1, 0.15) is 0 Å². The van der Waals surface area contributed by atoms with Gasteiger partial charge in [0.2, 0.25) is 0 Å². The summed E-state index contributed by atoms with van der Waals surface area (Å²) in [7, 11) is 3.31. The van der Waals surface area contributed by atoms with Crippen LogP contribution in [0.4, 0.5) is 19.3 Å². The van der Waals surface area contributed by atoms with Crippen molar-refractivity contribution in [1.29, 1.82) is 0 Å². The topological polar surface area (TPSA) is 62.8 Å². The largest absolute Gasteiger partial charge is 0.493 e. The number of anilines is 1. The molecule has 0 bridgehead atoms. The van der Waals surface area contributed by atoms with Crippen LogP contribution in [0.25, 0.3) is 0 Å². The maximum Gasteiger partial charge on any atom is 0.319 e. The van der Waals surface area contributed by atoms with Crippen molar-refractivity contribution in [2.45, 2.75) is 68.5 Å². The molecule has 1 saturated heterocycles. The van der Waals surface area contributed by atoms with Crippen LogP contribution in [-0.4, -0.2) is 49.8 Å². The van der Waals surface area contributed by atoms with Crippen molar-refractivity contribution in [1.82, 2.24) is 10.2 Å². The summed E-state index contributed by atoms with van der Waals surface area (Å²) >= 11 is 0. The third-order valence-corrected chi connectivity index (χ3v) is 8.32. The first-order chi connectivity index (χ1) is 16.9. The van der Waals surface area contributed by atoms with E-state index in [1.54, 1.807) is 14.2 Å². The standard InChI is InChI=1S/C27H33F2N3O3/c1-34-23-9-6-17(14-24(23)35-2)27-11-10-19(16-25(27)32(13-12-27)20-4-3-5-20)31-26(33)30-18-7-8-21(28)22(29)15-18/h6-9,14-15,19-20,25H,3-5,10-13,16H2,1-2H3,(H2,30,31,33)/t19-,25+,27+/m1/s1. The first-order valence-corrected chi connectivity index (χ1v) is 12.4. The number of urea groups is 1. The summed E-state index contributed by atoms with van der Waals surface area (Å²) in [6, 6.07) is 10.2. The fourth-order valence-electron chi connectivity index (χ4n) is 6.28. The molecule has 5 rings (SSSR count). The molecule has 2 N–H and O–H groups in total. The minimum absolute atomic E-state index is 0.000703. The molecule has 2 aromatic carbocycles. The lowest BCUT2D eigenvalue weighted by Crippen LogP contribution is -2.55. The van der Waals surface area contributed by atoms with Crippen molar-refractivity contribution < 1.29 is 23.0 Å². The molecule has 3 aliphatic rings. The molecule has 6 nitrogen and oxygen atoms in total. The number of carbonyl (C=O) groups is 1. The van der Waals surface area contributed by atoms with E-state index in [-0.39, 0.29) is 17.1 Å². The summed E-state index contributed by atoms with van der Waals surface area (Å²) in [5.41, 5.74) is 1.50. The van der Waals surface area contributed by atoms with E-state index in [1.165, 1.54) is 30.9 Å². The number of fused-ring (bicyclic) bond motifs is 1. The van der Waals surface area contributed by atoms with Crippen LogP contribution in [0.5, 0.6) is 11.5 Å². The number of ether oxygens (including phenoxy) is 2. The number of halogens is 2. The molecule has 188 valence electrons. The zero-order valence-electron chi connectivity index (χ0n) is 20.3. The monoisotopic (exact) mass is 485 g/mol. The van der Waals surface area contributed by atoms with Gasteiger partial charge in [0.05, 0.1) is 14.2 Å². The van der Waals surface area contributed by atoms with Gasteiger partial charge in [0.25, 0.3) is 0 Å². The molecular weight excluding hydrogens is 452 g/mol. The average Bonchev–Trinajstić information content (AvgIpc) is 3.19. The maximum atomic E-state index is 13.5. The molecule has 2 amide bonds. The van der Waals surface area contributed by atoms with Crippen molar-refractivity contribution >= 4 is 11.7 Å². The minimum Gasteiger partial charge on any atom is -0.493 e. The van der Waals surface area contributed by atoms with E-state index in [0.717, 1.165) is 55.9 Å². The predicted octanol–water partition coefficient (Wildman–Crippen LogP) is 5.22. The van der Waals surface area contributed by atoms with Crippen molar-refractivity contribution in [2.24, 2.45) is 0 Å². The van der Waals surface area contributed by atoms with E-state index < -0.39 is 17.7 Å². The van der Waals surface area contributed by atoms with Gasteiger partial charge in [-0.25, -0.2) is 13.6 Å². The van der Waals surface area contributed by atoms with Gasteiger partial charge in [-0.05, 0) is 74.9 Å². The zero-order chi connectivity index (χ0) is 24.6. The van der Waals surface area contributed by atoms with E-state index >= 15 is 0 Å². The van der Waals surface area contributed by atoms with E-state index in [1.807, 2.05) is 6.07 Å². The van der Waals surface area contributed by atoms with E-state index in [2.05, 4.69) is 27.7 Å². The number of rotatable bonds is 6. The number of carbonyl (C=O) groups excluding carboxylic acids is 1. The van der Waals surface area contributed by atoms with Gasteiger partial charge < -0.3 is 20.1 Å². The molecule has 35 heavy (non-hydrogen) atoms. The lowest BCUT2D eigenvalue weighted by atomic mass is 9.64. The van der Waals surface area contributed by atoms with Gasteiger partial charge in [-0.3, -0.25) is 4.90 Å². The molecule has 0 radical (unpaired) electrons. The highest BCUT2D eigenvalue weighted by molar-refractivity contribution is 5.89. The molecule has 1 heterocycles. The normalized spacial score (nSPS) is 26.5. The first-order valence-electron chi connectivity index (χ1n) is 12.4. The molecule has 0 unspecified atom stereocenters. The molecule has 0 spiro atoms. The van der Waals surface area contributed by atoms with Gasteiger partial charge in [-0.1, -0.05) is 12.5 Å². The fourth-order valence-corrected chi connectivity index (χ4v) is 6.28. The van der Waals surface area contributed by atoms with E-state index in [0.29, 0.717) is 12.1 Å². The van der Waals surface area contributed by atoms with Crippen LogP contribution in [0.2, 0.25) is 0 Å². The second-order valence-corrected chi connectivity index (χ2v) is 10.0. The third-order valence-electron chi connectivity index (χ3n) is 8.32. The van der Waals surface area contributed by atoms with Crippen molar-refractivity contribution in [3.63, 3.8) is 0 Å². The highest BCUT2D eigenvalue weighted by Crippen LogP contribution is 2.52. The number of methoxy groups -OCH3 is 2. The van der Waals surface area contributed by atoms with Crippen LogP contribution in [-0.2, 0) is 5.41 Å². The Kier molecular flexibility index (Phi) is 6.57. The number of amides is 2. The Labute approximate surface area is 205 Å². The molecule has 1 aliphatic heterocycles. The molecule has 8 heteroatoms. The van der Waals surface area contributed by atoms with Crippen molar-refractivity contribution in [3.05, 3.63) is 53.6 Å². The number of nitrogens with one attached hydrogen (secondary N) is 2. The number of benzene rings is 2. The van der Waals surface area contributed by atoms with Crippen molar-refractivity contribution in [2.75, 3.05) is 26.1 Å². The van der Waals surface area contributed by atoms with E-state index in [4.69, 9.17) is 9.47 Å². The van der Waals surface area contributed by atoms with Gasteiger partial charge in [0.15, 0.2) is 23.1 Å². The summed E-state index contributed by atoms with van der Waals surface area (Å²) < 4.78 is 37.8. The molecule has 3 atom stereocenters. The number of hydrogen-bond donors (Lipinski definition) is 2. The Morgan fingerprint density at radius 1 is 1.00 bits per heavy atom. The Morgan fingerprint density at radius 2 is 1.80 bits per heavy atom. The molecule has 2 aromatic rings.